The standard InChI is InChI=1S/C15H28O2/c1-2-3-4-5-6-7-8-9-10-12-15(17)13-11-14-16/h14H,2-13H2,1H3. The van der Waals surface area contributed by atoms with Crippen LogP contribution in [0.1, 0.15) is 84.0 Å². The third-order valence-electron chi connectivity index (χ3n) is 3.10. The molecule has 0 aliphatic rings. The fourth-order valence-corrected chi connectivity index (χ4v) is 1.98. The van der Waals surface area contributed by atoms with Crippen molar-refractivity contribution in [3.8, 4) is 0 Å². The van der Waals surface area contributed by atoms with Crippen LogP contribution in [-0.4, -0.2) is 12.1 Å². The summed E-state index contributed by atoms with van der Waals surface area (Å²) in [6, 6.07) is 0. The van der Waals surface area contributed by atoms with Crippen LogP contribution in [-0.2, 0) is 9.59 Å². The Morgan fingerprint density at radius 1 is 0.824 bits per heavy atom. The van der Waals surface area contributed by atoms with Gasteiger partial charge in [0.1, 0.15) is 12.1 Å². The number of unbranched alkanes of at least 4 members (excludes halogenated alkanes) is 8. The van der Waals surface area contributed by atoms with Crippen molar-refractivity contribution in [2.24, 2.45) is 0 Å². The fourth-order valence-electron chi connectivity index (χ4n) is 1.98. The van der Waals surface area contributed by atoms with Crippen LogP contribution in [0, 0.1) is 0 Å². The van der Waals surface area contributed by atoms with Gasteiger partial charge in [-0.2, -0.15) is 0 Å². The van der Waals surface area contributed by atoms with Crippen LogP contribution in [0.25, 0.3) is 0 Å². The quantitative estimate of drug-likeness (QED) is 0.352. The molecule has 0 amide bonds. The van der Waals surface area contributed by atoms with Gasteiger partial charge in [-0.1, -0.05) is 58.3 Å². The molecule has 0 bridgehead atoms. The van der Waals surface area contributed by atoms with Gasteiger partial charge in [-0.15, -0.1) is 0 Å². The Kier molecular flexibility index (Phi) is 12.9. The molecule has 100 valence electrons. The van der Waals surface area contributed by atoms with Gasteiger partial charge in [0, 0.05) is 19.3 Å². The van der Waals surface area contributed by atoms with Gasteiger partial charge in [-0.05, 0) is 6.42 Å². The molecule has 0 atom stereocenters. The van der Waals surface area contributed by atoms with Gasteiger partial charge >= 0.3 is 0 Å². The minimum Gasteiger partial charge on any atom is -0.303 e. The van der Waals surface area contributed by atoms with Crippen LogP contribution in [0.4, 0.5) is 0 Å². The highest BCUT2D eigenvalue weighted by Crippen LogP contribution is 2.11. The molecule has 0 saturated heterocycles. The van der Waals surface area contributed by atoms with Crippen molar-refractivity contribution in [3.63, 3.8) is 0 Å². The zero-order valence-corrected chi connectivity index (χ0v) is 11.4. The van der Waals surface area contributed by atoms with E-state index in [1.807, 2.05) is 0 Å². The SMILES string of the molecule is CCCCCCCCCCCC(=O)CCC=O. The maximum absolute atomic E-state index is 11.3. The van der Waals surface area contributed by atoms with Crippen molar-refractivity contribution in [1.29, 1.82) is 0 Å². The van der Waals surface area contributed by atoms with Gasteiger partial charge in [-0.25, -0.2) is 0 Å². The van der Waals surface area contributed by atoms with E-state index in [0.29, 0.717) is 19.3 Å². The topological polar surface area (TPSA) is 34.1 Å². The third kappa shape index (κ3) is 13.3. The van der Waals surface area contributed by atoms with E-state index in [1.54, 1.807) is 0 Å². The number of aldehydes is 1. The zero-order chi connectivity index (χ0) is 12.8. The summed E-state index contributed by atoms with van der Waals surface area (Å²) in [6.45, 7) is 2.24. The van der Waals surface area contributed by atoms with Crippen LogP contribution in [0.5, 0.6) is 0 Å². The smallest absolute Gasteiger partial charge is 0.133 e. The monoisotopic (exact) mass is 240 g/mol. The summed E-state index contributed by atoms with van der Waals surface area (Å²) in [5, 5.41) is 0. The number of Topliss-reactive ketones (excluding diaryl/α,β-unsaturated/α-hetero) is 1. The summed E-state index contributed by atoms with van der Waals surface area (Å²) < 4.78 is 0. The molecule has 0 aromatic carbocycles. The van der Waals surface area contributed by atoms with Gasteiger partial charge in [0.25, 0.3) is 0 Å². The number of hydrogen-bond donors (Lipinski definition) is 0. The maximum Gasteiger partial charge on any atom is 0.133 e. The minimum absolute atomic E-state index is 0.250. The van der Waals surface area contributed by atoms with E-state index >= 15 is 0 Å². The molecule has 0 N–H and O–H groups in total. The van der Waals surface area contributed by atoms with Crippen molar-refractivity contribution in [3.05, 3.63) is 0 Å². The van der Waals surface area contributed by atoms with Gasteiger partial charge in [0.05, 0.1) is 0 Å². The normalized spacial score (nSPS) is 10.4. The molecular formula is C15H28O2. The highest BCUT2D eigenvalue weighted by atomic mass is 16.1. The molecule has 0 radical (unpaired) electrons. The van der Waals surface area contributed by atoms with E-state index in [1.165, 1.54) is 51.4 Å². The first-order valence-corrected chi connectivity index (χ1v) is 7.26. The lowest BCUT2D eigenvalue weighted by atomic mass is 10.0. The maximum atomic E-state index is 11.3. The minimum atomic E-state index is 0.250. The van der Waals surface area contributed by atoms with Crippen LogP contribution in [0.15, 0.2) is 0 Å². The molecule has 0 spiro atoms. The predicted octanol–water partition coefficient (Wildman–Crippen LogP) is 4.46. The molecule has 0 aromatic heterocycles. The Hall–Kier alpha value is -0.660. The van der Waals surface area contributed by atoms with Crippen LogP contribution in [0.3, 0.4) is 0 Å². The lowest BCUT2D eigenvalue weighted by Crippen LogP contribution is -1.97. The Balaban J connectivity index is 3.07. The van der Waals surface area contributed by atoms with Gasteiger partial charge in [-0.3, -0.25) is 4.79 Å². The number of carbonyl (C=O) groups is 2. The summed E-state index contributed by atoms with van der Waals surface area (Å²) in [5.74, 6) is 0.250. The first-order valence-electron chi connectivity index (χ1n) is 7.26. The van der Waals surface area contributed by atoms with E-state index in [2.05, 4.69) is 6.92 Å². The molecule has 0 fully saturated rings. The Morgan fingerprint density at radius 2 is 1.35 bits per heavy atom. The summed E-state index contributed by atoms with van der Waals surface area (Å²) in [4.78, 5) is 21.3. The number of rotatable bonds is 13. The lowest BCUT2D eigenvalue weighted by Gasteiger charge is -2.01. The second-order valence-corrected chi connectivity index (χ2v) is 4.82. The highest BCUT2D eigenvalue weighted by Gasteiger charge is 2.00. The first kappa shape index (κ1) is 16.3. The number of ketones is 1. The average Bonchev–Trinajstić information content (AvgIpc) is 2.34. The van der Waals surface area contributed by atoms with Crippen molar-refractivity contribution in [2.45, 2.75) is 84.0 Å². The summed E-state index contributed by atoms with van der Waals surface area (Å²) >= 11 is 0. The third-order valence-corrected chi connectivity index (χ3v) is 3.10. The van der Waals surface area contributed by atoms with E-state index in [9.17, 15) is 9.59 Å². The van der Waals surface area contributed by atoms with Crippen LogP contribution in [0.2, 0.25) is 0 Å². The predicted molar refractivity (Wildman–Crippen MR) is 72.1 cm³/mol. The van der Waals surface area contributed by atoms with Gasteiger partial charge in [0.15, 0.2) is 0 Å². The van der Waals surface area contributed by atoms with E-state index in [4.69, 9.17) is 0 Å². The van der Waals surface area contributed by atoms with Crippen molar-refractivity contribution >= 4 is 12.1 Å². The summed E-state index contributed by atoms with van der Waals surface area (Å²) in [6.07, 6.45) is 13.8. The number of hydrogen-bond acceptors (Lipinski definition) is 2. The molecule has 0 rings (SSSR count). The molecule has 17 heavy (non-hydrogen) atoms. The summed E-state index contributed by atoms with van der Waals surface area (Å²) in [7, 11) is 0. The molecule has 2 heteroatoms. The zero-order valence-electron chi connectivity index (χ0n) is 11.4. The number of carbonyl (C=O) groups excluding carboxylic acids is 2. The van der Waals surface area contributed by atoms with E-state index in [-0.39, 0.29) is 5.78 Å². The Morgan fingerprint density at radius 3 is 1.88 bits per heavy atom. The van der Waals surface area contributed by atoms with Gasteiger partial charge < -0.3 is 4.79 Å². The van der Waals surface area contributed by atoms with Crippen LogP contribution >= 0.6 is 0 Å². The first-order chi connectivity index (χ1) is 8.31. The molecule has 0 unspecified atom stereocenters. The second kappa shape index (κ2) is 13.4. The van der Waals surface area contributed by atoms with Crippen molar-refractivity contribution < 1.29 is 9.59 Å². The van der Waals surface area contributed by atoms with Crippen molar-refractivity contribution in [2.75, 3.05) is 0 Å². The molecule has 0 saturated carbocycles. The average molecular weight is 240 g/mol. The molecule has 0 aromatic rings. The second-order valence-electron chi connectivity index (χ2n) is 4.82. The lowest BCUT2D eigenvalue weighted by molar-refractivity contribution is -0.120. The largest absolute Gasteiger partial charge is 0.303 e. The molecular weight excluding hydrogens is 212 g/mol. The van der Waals surface area contributed by atoms with Gasteiger partial charge in [0.2, 0.25) is 0 Å². The van der Waals surface area contributed by atoms with E-state index < -0.39 is 0 Å². The van der Waals surface area contributed by atoms with Crippen LogP contribution < -0.4 is 0 Å². The van der Waals surface area contributed by atoms with Crippen molar-refractivity contribution in [1.82, 2.24) is 0 Å². The Bertz CT molecular complexity index is 187. The fraction of sp³-hybridized carbons (Fsp3) is 0.867. The molecule has 0 heterocycles. The van der Waals surface area contributed by atoms with E-state index in [0.717, 1.165) is 12.7 Å². The highest BCUT2D eigenvalue weighted by molar-refractivity contribution is 5.80. The molecule has 0 aliphatic heterocycles. The molecule has 0 aliphatic carbocycles. The Labute approximate surface area is 106 Å². The molecule has 2 nitrogen and oxygen atoms in total. The summed E-state index contributed by atoms with van der Waals surface area (Å²) in [5.41, 5.74) is 0.